The molecule has 0 bridgehead atoms. The Kier molecular flexibility index (Phi) is 3.39. The van der Waals surface area contributed by atoms with Crippen molar-refractivity contribution in [3.63, 3.8) is 0 Å². The Morgan fingerprint density at radius 1 is 1.11 bits per heavy atom. The van der Waals surface area contributed by atoms with Crippen LogP contribution in [-0.2, 0) is 0 Å². The molecule has 1 unspecified atom stereocenters. The summed E-state index contributed by atoms with van der Waals surface area (Å²) in [5, 5.41) is 11.8. The van der Waals surface area contributed by atoms with Crippen LogP contribution in [0.15, 0.2) is 0 Å². The Labute approximate surface area is 109 Å². The van der Waals surface area contributed by atoms with Gasteiger partial charge in [-0.1, -0.05) is 0 Å². The summed E-state index contributed by atoms with van der Waals surface area (Å²) < 4.78 is 2.24. The van der Waals surface area contributed by atoms with Gasteiger partial charge in [-0.05, 0) is 70.6 Å². The SMILES string of the molecule is Cc1nn(C2CCCN2)c(C)c1C1CCNCC1. The van der Waals surface area contributed by atoms with E-state index in [4.69, 9.17) is 5.10 Å². The third kappa shape index (κ3) is 2.08. The van der Waals surface area contributed by atoms with E-state index in [-0.39, 0.29) is 0 Å². The lowest BCUT2D eigenvalue weighted by Crippen LogP contribution is -2.27. The molecule has 0 aromatic carbocycles. The topological polar surface area (TPSA) is 41.9 Å². The lowest BCUT2D eigenvalue weighted by Gasteiger charge is -2.23. The molecule has 3 rings (SSSR count). The third-order valence-corrected chi connectivity index (χ3v) is 4.46. The van der Waals surface area contributed by atoms with Crippen molar-refractivity contribution < 1.29 is 0 Å². The maximum atomic E-state index is 4.80. The van der Waals surface area contributed by atoms with Gasteiger partial charge in [0.2, 0.25) is 0 Å². The van der Waals surface area contributed by atoms with Crippen molar-refractivity contribution in [1.82, 2.24) is 20.4 Å². The Morgan fingerprint density at radius 3 is 2.56 bits per heavy atom. The molecule has 2 N–H and O–H groups in total. The van der Waals surface area contributed by atoms with Gasteiger partial charge in [-0.25, -0.2) is 0 Å². The Morgan fingerprint density at radius 2 is 1.89 bits per heavy atom. The number of aromatic nitrogens is 2. The molecule has 0 radical (unpaired) electrons. The zero-order valence-corrected chi connectivity index (χ0v) is 11.5. The minimum absolute atomic E-state index is 0.430. The molecule has 100 valence electrons. The number of nitrogens with one attached hydrogen (secondary N) is 2. The molecule has 1 aromatic heterocycles. The Hall–Kier alpha value is -0.870. The molecule has 0 aliphatic carbocycles. The van der Waals surface area contributed by atoms with Crippen molar-refractivity contribution in [2.45, 2.75) is 51.6 Å². The van der Waals surface area contributed by atoms with E-state index >= 15 is 0 Å². The molecule has 1 atom stereocenters. The standard InChI is InChI=1S/C14H24N4/c1-10-14(12-5-8-15-9-6-12)11(2)18(17-10)13-4-3-7-16-13/h12-13,15-16H,3-9H2,1-2H3. The van der Waals surface area contributed by atoms with Gasteiger partial charge in [0.1, 0.15) is 6.17 Å². The first-order valence-corrected chi connectivity index (χ1v) is 7.27. The molecule has 2 saturated heterocycles. The first-order chi connectivity index (χ1) is 8.77. The molecule has 2 fully saturated rings. The van der Waals surface area contributed by atoms with Gasteiger partial charge in [0.05, 0.1) is 5.69 Å². The Bertz CT molecular complexity index is 412. The van der Waals surface area contributed by atoms with E-state index < -0.39 is 0 Å². The van der Waals surface area contributed by atoms with Crippen molar-refractivity contribution in [1.29, 1.82) is 0 Å². The van der Waals surface area contributed by atoms with Gasteiger partial charge in [-0.15, -0.1) is 0 Å². The molecule has 2 aliphatic rings. The van der Waals surface area contributed by atoms with E-state index in [0.29, 0.717) is 12.1 Å². The number of aryl methyl sites for hydroxylation is 1. The predicted octanol–water partition coefficient (Wildman–Crippen LogP) is 1.85. The van der Waals surface area contributed by atoms with E-state index in [2.05, 4.69) is 29.2 Å². The normalized spacial score (nSPS) is 25.8. The van der Waals surface area contributed by atoms with E-state index in [1.807, 2.05) is 0 Å². The highest BCUT2D eigenvalue weighted by molar-refractivity contribution is 5.29. The number of hydrogen-bond acceptors (Lipinski definition) is 3. The summed E-state index contributed by atoms with van der Waals surface area (Å²) in [5.41, 5.74) is 4.15. The smallest absolute Gasteiger partial charge is 0.102 e. The van der Waals surface area contributed by atoms with E-state index in [9.17, 15) is 0 Å². The van der Waals surface area contributed by atoms with Crippen LogP contribution in [0.2, 0.25) is 0 Å². The summed E-state index contributed by atoms with van der Waals surface area (Å²) in [7, 11) is 0. The van der Waals surface area contributed by atoms with Gasteiger partial charge < -0.3 is 5.32 Å². The lowest BCUT2D eigenvalue weighted by atomic mass is 9.89. The average Bonchev–Trinajstić information content (AvgIpc) is 2.99. The van der Waals surface area contributed by atoms with Gasteiger partial charge >= 0.3 is 0 Å². The highest BCUT2D eigenvalue weighted by atomic mass is 15.4. The Balaban J connectivity index is 1.89. The maximum absolute atomic E-state index is 4.80. The zero-order chi connectivity index (χ0) is 12.5. The van der Waals surface area contributed by atoms with Crippen LogP contribution in [0, 0.1) is 13.8 Å². The second kappa shape index (κ2) is 5.02. The highest BCUT2D eigenvalue weighted by Crippen LogP contribution is 2.32. The summed E-state index contributed by atoms with van der Waals surface area (Å²) in [6, 6.07) is 0. The number of piperidine rings is 1. The fourth-order valence-corrected chi connectivity index (χ4v) is 3.56. The van der Waals surface area contributed by atoms with Crippen LogP contribution >= 0.6 is 0 Å². The van der Waals surface area contributed by atoms with Crippen molar-refractivity contribution in [2.24, 2.45) is 0 Å². The number of nitrogens with zero attached hydrogens (tertiary/aromatic N) is 2. The van der Waals surface area contributed by atoms with Gasteiger partial charge in [0, 0.05) is 5.69 Å². The molecule has 0 spiro atoms. The van der Waals surface area contributed by atoms with Crippen molar-refractivity contribution >= 4 is 0 Å². The van der Waals surface area contributed by atoms with E-state index in [0.717, 1.165) is 19.6 Å². The molecular weight excluding hydrogens is 224 g/mol. The van der Waals surface area contributed by atoms with Crippen LogP contribution in [0.3, 0.4) is 0 Å². The summed E-state index contributed by atoms with van der Waals surface area (Å²) in [5.74, 6) is 0.710. The number of rotatable bonds is 2. The minimum Gasteiger partial charge on any atom is -0.317 e. The number of hydrogen-bond donors (Lipinski definition) is 2. The van der Waals surface area contributed by atoms with E-state index in [1.165, 1.54) is 42.6 Å². The highest BCUT2D eigenvalue weighted by Gasteiger charge is 2.26. The average molecular weight is 248 g/mol. The molecule has 18 heavy (non-hydrogen) atoms. The van der Waals surface area contributed by atoms with Crippen LogP contribution in [0.4, 0.5) is 0 Å². The summed E-state index contributed by atoms with van der Waals surface area (Å²) in [6.45, 7) is 7.85. The van der Waals surface area contributed by atoms with E-state index in [1.54, 1.807) is 0 Å². The first-order valence-electron chi connectivity index (χ1n) is 7.27. The van der Waals surface area contributed by atoms with Gasteiger partial charge in [-0.2, -0.15) is 5.10 Å². The van der Waals surface area contributed by atoms with Crippen molar-refractivity contribution in [3.8, 4) is 0 Å². The lowest BCUT2D eigenvalue weighted by molar-refractivity contribution is 0.412. The molecule has 2 aliphatic heterocycles. The van der Waals surface area contributed by atoms with Crippen LogP contribution in [0.5, 0.6) is 0 Å². The molecule has 0 saturated carbocycles. The quantitative estimate of drug-likeness (QED) is 0.839. The second-order valence-electron chi connectivity index (χ2n) is 5.67. The van der Waals surface area contributed by atoms with Crippen LogP contribution in [-0.4, -0.2) is 29.4 Å². The molecule has 4 nitrogen and oxygen atoms in total. The first kappa shape index (κ1) is 12.2. The largest absolute Gasteiger partial charge is 0.317 e. The van der Waals surface area contributed by atoms with Gasteiger partial charge in [0.25, 0.3) is 0 Å². The predicted molar refractivity (Wildman–Crippen MR) is 72.8 cm³/mol. The third-order valence-electron chi connectivity index (χ3n) is 4.46. The zero-order valence-electron chi connectivity index (χ0n) is 11.5. The maximum Gasteiger partial charge on any atom is 0.102 e. The summed E-state index contributed by atoms with van der Waals surface area (Å²) in [4.78, 5) is 0. The van der Waals surface area contributed by atoms with Crippen LogP contribution in [0.25, 0.3) is 0 Å². The van der Waals surface area contributed by atoms with Crippen LogP contribution in [0.1, 0.15) is 54.7 Å². The van der Waals surface area contributed by atoms with Crippen molar-refractivity contribution in [2.75, 3.05) is 19.6 Å². The summed E-state index contributed by atoms with van der Waals surface area (Å²) >= 11 is 0. The van der Waals surface area contributed by atoms with Crippen molar-refractivity contribution in [3.05, 3.63) is 17.0 Å². The van der Waals surface area contributed by atoms with Gasteiger partial charge in [-0.3, -0.25) is 10.00 Å². The summed E-state index contributed by atoms with van der Waals surface area (Å²) in [6.07, 6.45) is 5.43. The molecule has 4 heteroatoms. The minimum atomic E-state index is 0.430. The molecular formula is C14H24N4. The fraction of sp³-hybridized carbons (Fsp3) is 0.786. The monoisotopic (exact) mass is 248 g/mol. The molecule has 1 aromatic rings. The van der Waals surface area contributed by atoms with Gasteiger partial charge in [0.15, 0.2) is 0 Å². The second-order valence-corrected chi connectivity index (χ2v) is 5.67. The molecule has 0 amide bonds. The molecule has 3 heterocycles. The fourth-order valence-electron chi connectivity index (χ4n) is 3.56. The van der Waals surface area contributed by atoms with Crippen LogP contribution < -0.4 is 10.6 Å².